The van der Waals surface area contributed by atoms with Crippen LogP contribution in [0.4, 0.5) is 18.9 Å². The van der Waals surface area contributed by atoms with Crippen molar-refractivity contribution in [2.24, 2.45) is 0 Å². The predicted octanol–water partition coefficient (Wildman–Crippen LogP) is 3.06. The molecule has 0 fully saturated rings. The molecule has 0 bridgehead atoms. The summed E-state index contributed by atoms with van der Waals surface area (Å²) in [5, 5.41) is 5.19. The minimum absolute atomic E-state index is 0. The molecular weight excluding hydrogens is 376 g/mol. The Bertz CT molecular complexity index is 472. The largest absolute Gasteiger partial charge is 0.417 e. The Kier molecular flexibility index (Phi) is 8.88. The number of benzene rings is 1. The first-order chi connectivity index (χ1) is 9.34. The summed E-state index contributed by atoms with van der Waals surface area (Å²) < 4.78 is 42.8. The van der Waals surface area contributed by atoms with E-state index in [-0.39, 0.29) is 29.1 Å². The molecule has 120 valence electrons. The number of ether oxygens (including phenoxy) is 1. The number of alkyl halides is 3. The molecule has 0 atom stereocenters. The van der Waals surface area contributed by atoms with Crippen molar-refractivity contribution in [1.29, 1.82) is 0 Å². The zero-order valence-electron chi connectivity index (χ0n) is 11.1. The number of carbonyl (C=O) groups excluding carboxylic acids is 1. The average molecular weight is 392 g/mol. The van der Waals surface area contributed by atoms with Gasteiger partial charge in [-0.3, -0.25) is 4.79 Å². The Hall–Kier alpha value is -0.830. The lowest BCUT2D eigenvalue weighted by Gasteiger charge is -2.12. The van der Waals surface area contributed by atoms with Gasteiger partial charge in [-0.15, -0.1) is 12.4 Å². The second-order valence-corrected chi connectivity index (χ2v) is 4.76. The molecule has 0 saturated heterocycles. The number of carbonyl (C=O) groups is 1. The van der Waals surface area contributed by atoms with Crippen LogP contribution in [0.2, 0.25) is 0 Å². The fourth-order valence-electron chi connectivity index (χ4n) is 1.40. The maximum absolute atomic E-state index is 12.7. The molecule has 0 aliphatic carbocycles. The molecular formula is C12H15BrClF3N2O2. The van der Waals surface area contributed by atoms with Crippen molar-refractivity contribution in [2.75, 3.05) is 32.1 Å². The fourth-order valence-corrected chi connectivity index (χ4v) is 1.87. The van der Waals surface area contributed by atoms with Crippen LogP contribution in [-0.2, 0) is 15.7 Å². The summed E-state index contributed by atoms with van der Waals surface area (Å²) in [5.41, 5.74) is -0.735. The first-order valence-electron chi connectivity index (χ1n) is 5.71. The van der Waals surface area contributed by atoms with Gasteiger partial charge in [-0.1, -0.05) is 15.9 Å². The second-order valence-electron chi connectivity index (χ2n) is 3.91. The van der Waals surface area contributed by atoms with Gasteiger partial charge >= 0.3 is 6.18 Å². The zero-order valence-corrected chi connectivity index (χ0v) is 13.5. The minimum Gasteiger partial charge on any atom is -0.383 e. The van der Waals surface area contributed by atoms with Gasteiger partial charge in [0.25, 0.3) is 0 Å². The Morgan fingerprint density at radius 1 is 1.38 bits per heavy atom. The fraction of sp³-hybridized carbons (Fsp3) is 0.417. The molecule has 1 rings (SSSR count). The Labute approximate surface area is 135 Å². The topological polar surface area (TPSA) is 50.4 Å². The highest BCUT2D eigenvalue weighted by molar-refractivity contribution is 9.10. The van der Waals surface area contributed by atoms with Crippen LogP contribution in [0.1, 0.15) is 5.56 Å². The number of anilines is 1. The maximum Gasteiger partial charge on any atom is 0.417 e. The van der Waals surface area contributed by atoms with Gasteiger partial charge in [0.2, 0.25) is 5.91 Å². The summed E-state index contributed by atoms with van der Waals surface area (Å²) in [6, 6.07) is 3.53. The number of rotatable bonds is 6. The third-order valence-electron chi connectivity index (χ3n) is 2.32. The molecule has 9 heteroatoms. The van der Waals surface area contributed by atoms with E-state index in [1.54, 1.807) is 0 Å². The summed E-state index contributed by atoms with van der Waals surface area (Å²) in [5.74, 6) is -0.420. The second kappa shape index (κ2) is 9.24. The highest BCUT2D eigenvalue weighted by Gasteiger charge is 2.33. The standard InChI is InChI=1S/C12H14BrF3N2O2.ClH/c1-20-5-4-17-7-11(19)18-8-2-3-10(13)9(6-8)12(14,15)16;/h2-3,6,17H,4-5,7H2,1H3,(H,18,19);1H. The van der Waals surface area contributed by atoms with E-state index in [1.807, 2.05) is 0 Å². The van der Waals surface area contributed by atoms with Gasteiger partial charge in [-0.25, -0.2) is 0 Å². The lowest BCUT2D eigenvalue weighted by Crippen LogP contribution is -2.30. The number of halogens is 5. The summed E-state index contributed by atoms with van der Waals surface area (Å²) in [6.07, 6.45) is -4.48. The van der Waals surface area contributed by atoms with E-state index < -0.39 is 17.6 Å². The van der Waals surface area contributed by atoms with E-state index in [2.05, 4.69) is 26.6 Å². The molecule has 0 heterocycles. The lowest BCUT2D eigenvalue weighted by molar-refractivity contribution is -0.138. The summed E-state index contributed by atoms with van der Waals surface area (Å²) in [7, 11) is 1.53. The molecule has 0 aliphatic heterocycles. The highest BCUT2D eigenvalue weighted by Crippen LogP contribution is 2.36. The van der Waals surface area contributed by atoms with Gasteiger partial charge in [0.05, 0.1) is 18.7 Å². The van der Waals surface area contributed by atoms with E-state index in [4.69, 9.17) is 4.74 Å². The molecule has 1 amide bonds. The molecule has 0 radical (unpaired) electrons. The van der Waals surface area contributed by atoms with Crippen LogP contribution < -0.4 is 10.6 Å². The van der Waals surface area contributed by atoms with Gasteiger partial charge < -0.3 is 15.4 Å². The van der Waals surface area contributed by atoms with Crippen molar-refractivity contribution in [3.05, 3.63) is 28.2 Å². The normalized spacial score (nSPS) is 10.9. The molecule has 1 aromatic rings. The number of nitrogens with one attached hydrogen (secondary N) is 2. The number of methoxy groups -OCH3 is 1. The van der Waals surface area contributed by atoms with Crippen molar-refractivity contribution in [3.8, 4) is 0 Å². The van der Waals surface area contributed by atoms with Crippen LogP contribution in [0.5, 0.6) is 0 Å². The van der Waals surface area contributed by atoms with E-state index >= 15 is 0 Å². The summed E-state index contributed by atoms with van der Waals surface area (Å²) in [6.45, 7) is 0.933. The molecule has 2 N–H and O–H groups in total. The van der Waals surface area contributed by atoms with Crippen LogP contribution in [0.15, 0.2) is 22.7 Å². The molecule has 0 unspecified atom stereocenters. The van der Waals surface area contributed by atoms with E-state index in [1.165, 1.54) is 19.2 Å². The Balaban J connectivity index is 0.00000400. The van der Waals surface area contributed by atoms with E-state index in [0.29, 0.717) is 13.2 Å². The first-order valence-corrected chi connectivity index (χ1v) is 6.50. The molecule has 0 aliphatic rings. The minimum atomic E-state index is -4.48. The Morgan fingerprint density at radius 3 is 2.62 bits per heavy atom. The van der Waals surface area contributed by atoms with Crippen molar-refractivity contribution in [3.63, 3.8) is 0 Å². The average Bonchev–Trinajstić information content (AvgIpc) is 2.36. The van der Waals surface area contributed by atoms with Crippen LogP contribution in [0, 0.1) is 0 Å². The van der Waals surface area contributed by atoms with Gasteiger partial charge in [-0.05, 0) is 18.2 Å². The van der Waals surface area contributed by atoms with Crippen molar-refractivity contribution >= 4 is 39.9 Å². The molecule has 21 heavy (non-hydrogen) atoms. The van der Waals surface area contributed by atoms with E-state index in [9.17, 15) is 18.0 Å². The van der Waals surface area contributed by atoms with Crippen molar-refractivity contribution < 1.29 is 22.7 Å². The van der Waals surface area contributed by atoms with Gasteiger partial charge in [0.1, 0.15) is 0 Å². The number of amides is 1. The third-order valence-corrected chi connectivity index (χ3v) is 3.02. The van der Waals surface area contributed by atoms with E-state index in [0.717, 1.165) is 6.07 Å². The first kappa shape index (κ1) is 20.2. The Morgan fingerprint density at radius 2 is 2.05 bits per heavy atom. The molecule has 1 aromatic carbocycles. The molecule has 0 saturated carbocycles. The predicted molar refractivity (Wildman–Crippen MR) is 79.8 cm³/mol. The smallest absolute Gasteiger partial charge is 0.383 e. The maximum atomic E-state index is 12.7. The number of hydrogen-bond donors (Lipinski definition) is 2. The van der Waals surface area contributed by atoms with Crippen LogP contribution in [-0.4, -0.2) is 32.7 Å². The van der Waals surface area contributed by atoms with Crippen molar-refractivity contribution in [1.82, 2.24) is 5.32 Å². The van der Waals surface area contributed by atoms with Crippen molar-refractivity contribution in [2.45, 2.75) is 6.18 Å². The van der Waals surface area contributed by atoms with Gasteiger partial charge in [0.15, 0.2) is 0 Å². The van der Waals surface area contributed by atoms with Crippen LogP contribution >= 0.6 is 28.3 Å². The monoisotopic (exact) mass is 390 g/mol. The summed E-state index contributed by atoms with van der Waals surface area (Å²) in [4.78, 5) is 11.5. The third kappa shape index (κ3) is 7.12. The highest BCUT2D eigenvalue weighted by atomic mass is 79.9. The van der Waals surface area contributed by atoms with Crippen LogP contribution in [0.25, 0.3) is 0 Å². The quantitative estimate of drug-likeness (QED) is 0.733. The lowest BCUT2D eigenvalue weighted by atomic mass is 10.2. The zero-order chi connectivity index (χ0) is 15.2. The molecule has 4 nitrogen and oxygen atoms in total. The SMILES string of the molecule is COCCNCC(=O)Nc1ccc(Br)c(C(F)(F)F)c1.Cl. The van der Waals surface area contributed by atoms with Crippen LogP contribution in [0.3, 0.4) is 0 Å². The number of hydrogen-bond acceptors (Lipinski definition) is 3. The summed E-state index contributed by atoms with van der Waals surface area (Å²) >= 11 is 2.83. The molecule has 0 spiro atoms. The van der Waals surface area contributed by atoms with Gasteiger partial charge in [-0.2, -0.15) is 13.2 Å². The van der Waals surface area contributed by atoms with Gasteiger partial charge in [0, 0.05) is 23.8 Å². The molecule has 0 aromatic heterocycles.